The van der Waals surface area contributed by atoms with Crippen LogP contribution in [-0.2, 0) is 22.5 Å². The molecule has 0 saturated heterocycles. The third-order valence-electron chi connectivity index (χ3n) is 4.26. The Bertz CT molecular complexity index is 723. The van der Waals surface area contributed by atoms with Crippen LogP contribution in [-0.4, -0.2) is 25.3 Å². The number of anilines is 1. The molecule has 0 N–H and O–H groups in total. The Labute approximate surface area is 142 Å². The Hall–Kier alpha value is -2.62. The zero-order valence-electron chi connectivity index (χ0n) is 13.9. The van der Waals surface area contributed by atoms with Gasteiger partial charge in [0.25, 0.3) is 5.91 Å². The van der Waals surface area contributed by atoms with Crippen LogP contribution in [0.25, 0.3) is 0 Å². The molecule has 1 amide bonds. The van der Waals surface area contributed by atoms with Crippen molar-refractivity contribution in [2.45, 2.75) is 26.2 Å². The minimum absolute atomic E-state index is 0.0438. The van der Waals surface area contributed by atoms with Crippen molar-refractivity contribution in [3.63, 3.8) is 0 Å². The first-order valence-electron chi connectivity index (χ1n) is 8.40. The normalized spacial score (nSPS) is 13.8. The molecule has 0 fully saturated rings. The Morgan fingerprint density at radius 1 is 1.21 bits per heavy atom. The molecular weight excluding hydrogens is 300 g/mol. The van der Waals surface area contributed by atoms with Crippen molar-refractivity contribution in [3.8, 4) is 0 Å². The Balaban J connectivity index is 1.55. The number of rotatable bonds is 5. The third kappa shape index (κ3) is 3.82. The molecule has 0 aliphatic carbocycles. The largest absolute Gasteiger partial charge is 0.386 e. The van der Waals surface area contributed by atoms with Crippen LogP contribution in [0.5, 0.6) is 0 Å². The minimum atomic E-state index is -0.0550. The van der Waals surface area contributed by atoms with Crippen LogP contribution in [0, 0.1) is 0 Å². The molecule has 0 unspecified atom stereocenters. The molecule has 2 aromatic rings. The van der Waals surface area contributed by atoms with Crippen molar-refractivity contribution in [1.29, 1.82) is 0 Å². The molecule has 24 heavy (non-hydrogen) atoms. The molecule has 0 bridgehead atoms. The highest BCUT2D eigenvalue weighted by Gasteiger charge is 2.22. The summed E-state index contributed by atoms with van der Waals surface area (Å²) in [4.78, 5) is 19.4. The lowest BCUT2D eigenvalue weighted by molar-refractivity contribution is -0.123. The maximum absolute atomic E-state index is 12.4. The lowest BCUT2D eigenvalue weighted by Crippen LogP contribution is -2.37. The molecule has 124 valence electrons. The van der Waals surface area contributed by atoms with Gasteiger partial charge in [0.15, 0.2) is 6.61 Å². The Morgan fingerprint density at radius 3 is 2.79 bits per heavy atom. The summed E-state index contributed by atoms with van der Waals surface area (Å²) in [5.41, 5.74) is 4.46. The van der Waals surface area contributed by atoms with E-state index in [4.69, 9.17) is 4.84 Å². The first-order chi connectivity index (χ1) is 11.8. The summed E-state index contributed by atoms with van der Waals surface area (Å²) in [7, 11) is 0. The predicted octanol–water partition coefficient (Wildman–Crippen LogP) is 3.58. The van der Waals surface area contributed by atoms with E-state index in [0.717, 1.165) is 37.1 Å². The van der Waals surface area contributed by atoms with Gasteiger partial charge in [-0.25, -0.2) is 0 Å². The molecular formula is C20H22N2O2. The number of carbonyl (C=O) groups is 1. The highest BCUT2D eigenvalue weighted by molar-refractivity contribution is 5.95. The highest BCUT2D eigenvalue weighted by Crippen LogP contribution is 2.26. The van der Waals surface area contributed by atoms with Crippen molar-refractivity contribution in [2.24, 2.45) is 5.16 Å². The molecule has 4 heteroatoms. The lowest BCUT2D eigenvalue weighted by Gasteiger charge is -2.28. The van der Waals surface area contributed by atoms with Crippen LogP contribution in [0.4, 0.5) is 5.69 Å². The van der Waals surface area contributed by atoms with E-state index < -0.39 is 0 Å². The van der Waals surface area contributed by atoms with Crippen molar-refractivity contribution >= 4 is 17.8 Å². The number of amides is 1. The summed E-state index contributed by atoms with van der Waals surface area (Å²) in [6, 6.07) is 16.2. The van der Waals surface area contributed by atoms with E-state index in [0.29, 0.717) is 0 Å². The van der Waals surface area contributed by atoms with Gasteiger partial charge < -0.3 is 9.74 Å². The number of oxime groups is 1. The maximum Gasteiger partial charge on any atom is 0.267 e. The molecule has 1 aliphatic heterocycles. The molecule has 0 saturated carbocycles. The molecule has 0 atom stereocenters. The zero-order valence-corrected chi connectivity index (χ0v) is 13.9. The van der Waals surface area contributed by atoms with Crippen molar-refractivity contribution < 1.29 is 9.63 Å². The summed E-state index contributed by atoms with van der Waals surface area (Å²) in [5.74, 6) is -0.0550. The summed E-state index contributed by atoms with van der Waals surface area (Å²) in [5, 5.41) is 3.92. The monoisotopic (exact) mass is 322 g/mol. The molecule has 0 spiro atoms. The second-order valence-electron chi connectivity index (χ2n) is 5.88. The van der Waals surface area contributed by atoms with Crippen LogP contribution in [0.2, 0.25) is 0 Å². The first kappa shape index (κ1) is 16.2. The molecule has 0 radical (unpaired) electrons. The summed E-state index contributed by atoms with van der Waals surface area (Å²) in [6.45, 7) is 2.82. The Kier molecular flexibility index (Phi) is 5.26. The van der Waals surface area contributed by atoms with Crippen LogP contribution in [0.15, 0.2) is 53.7 Å². The Morgan fingerprint density at radius 2 is 2.00 bits per heavy atom. The molecule has 4 nitrogen and oxygen atoms in total. The second-order valence-corrected chi connectivity index (χ2v) is 5.88. The summed E-state index contributed by atoms with van der Waals surface area (Å²) in [6.07, 6.45) is 4.65. The van der Waals surface area contributed by atoms with Gasteiger partial charge >= 0.3 is 0 Å². The zero-order chi connectivity index (χ0) is 16.8. The molecule has 1 heterocycles. The van der Waals surface area contributed by atoms with Crippen LogP contribution < -0.4 is 4.90 Å². The average Bonchev–Trinajstić information content (AvgIpc) is 2.65. The molecule has 0 aromatic heterocycles. The van der Waals surface area contributed by atoms with Gasteiger partial charge in [0.2, 0.25) is 0 Å². The minimum Gasteiger partial charge on any atom is -0.386 e. The van der Waals surface area contributed by atoms with Gasteiger partial charge in [-0.05, 0) is 42.0 Å². The van der Waals surface area contributed by atoms with E-state index >= 15 is 0 Å². The fourth-order valence-electron chi connectivity index (χ4n) is 2.90. The maximum atomic E-state index is 12.4. The average molecular weight is 322 g/mol. The van der Waals surface area contributed by atoms with E-state index in [1.807, 2.05) is 30.3 Å². The van der Waals surface area contributed by atoms with Gasteiger partial charge in [-0.1, -0.05) is 54.5 Å². The smallest absolute Gasteiger partial charge is 0.267 e. The number of para-hydroxylation sites is 1. The first-order valence-corrected chi connectivity index (χ1v) is 8.40. The van der Waals surface area contributed by atoms with Gasteiger partial charge in [-0.15, -0.1) is 0 Å². The van der Waals surface area contributed by atoms with Crippen molar-refractivity contribution in [2.75, 3.05) is 18.1 Å². The van der Waals surface area contributed by atoms with E-state index in [1.54, 1.807) is 11.1 Å². The number of carbonyl (C=O) groups excluding carboxylic acids is 1. The van der Waals surface area contributed by atoms with E-state index in [9.17, 15) is 4.79 Å². The third-order valence-corrected chi connectivity index (χ3v) is 4.26. The highest BCUT2D eigenvalue weighted by atomic mass is 16.6. The van der Waals surface area contributed by atoms with Gasteiger partial charge in [-0.2, -0.15) is 0 Å². The van der Waals surface area contributed by atoms with Gasteiger partial charge in [0.05, 0.1) is 6.21 Å². The number of fused-ring (bicyclic) bond motifs is 1. The standard InChI is InChI=1S/C20H22N2O2/c1-2-16-9-11-17(12-10-16)14-21-24-15-20(23)22-13-5-7-18-6-3-4-8-19(18)22/h3-4,6,8-12,14H,2,5,7,13,15H2,1H3/b21-14-. The van der Waals surface area contributed by atoms with Crippen LogP contribution in [0.1, 0.15) is 30.0 Å². The quantitative estimate of drug-likeness (QED) is 0.624. The van der Waals surface area contributed by atoms with Gasteiger partial charge in [-0.3, -0.25) is 4.79 Å². The second kappa shape index (κ2) is 7.77. The van der Waals surface area contributed by atoms with E-state index in [2.05, 4.69) is 30.3 Å². The van der Waals surface area contributed by atoms with Crippen LogP contribution in [0.3, 0.4) is 0 Å². The van der Waals surface area contributed by atoms with Gasteiger partial charge in [0, 0.05) is 12.2 Å². The van der Waals surface area contributed by atoms with Gasteiger partial charge in [0.1, 0.15) is 0 Å². The van der Waals surface area contributed by atoms with E-state index in [-0.39, 0.29) is 12.5 Å². The topological polar surface area (TPSA) is 41.9 Å². The number of hydrogen-bond acceptors (Lipinski definition) is 3. The SMILES string of the molecule is CCc1ccc(/C=N\OCC(=O)N2CCCc3ccccc32)cc1. The molecule has 1 aliphatic rings. The fourth-order valence-corrected chi connectivity index (χ4v) is 2.90. The number of hydrogen-bond donors (Lipinski definition) is 0. The number of nitrogens with zero attached hydrogens (tertiary/aromatic N) is 2. The molecule has 2 aromatic carbocycles. The summed E-state index contributed by atoms with van der Waals surface area (Å²) < 4.78 is 0. The number of aryl methyl sites for hydroxylation is 2. The number of benzene rings is 2. The van der Waals surface area contributed by atoms with Crippen molar-refractivity contribution in [1.82, 2.24) is 0 Å². The molecule has 3 rings (SSSR count). The van der Waals surface area contributed by atoms with E-state index in [1.165, 1.54) is 11.1 Å². The predicted molar refractivity (Wildman–Crippen MR) is 96.5 cm³/mol. The van der Waals surface area contributed by atoms with Crippen molar-refractivity contribution in [3.05, 3.63) is 65.2 Å². The summed E-state index contributed by atoms with van der Waals surface area (Å²) >= 11 is 0. The fraction of sp³-hybridized carbons (Fsp3) is 0.300. The lowest BCUT2D eigenvalue weighted by atomic mass is 10.0. The van der Waals surface area contributed by atoms with Crippen LogP contribution >= 0.6 is 0 Å².